The molecule has 0 aromatic carbocycles. The summed E-state index contributed by atoms with van der Waals surface area (Å²) in [4.78, 5) is 19.0. The van der Waals surface area contributed by atoms with Gasteiger partial charge in [-0.25, -0.2) is 9.78 Å². The molecule has 1 aliphatic carbocycles. The zero-order valence-electron chi connectivity index (χ0n) is 14.0. The van der Waals surface area contributed by atoms with E-state index in [9.17, 15) is 4.79 Å². The van der Waals surface area contributed by atoms with Crippen LogP contribution >= 0.6 is 0 Å². The van der Waals surface area contributed by atoms with E-state index < -0.39 is 0 Å². The Morgan fingerprint density at radius 3 is 3.12 bits per heavy atom. The van der Waals surface area contributed by atoms with Crippen molar-refractivity contribution in [2.24, 2.45) is 0 Å². The number of carbonyl (C=O) groups is 1. The molecule has 1 aliphatic heterocycles. The molecule has 0 spiro atoms. The summed E-state index contributed by atoms with van der Waals surface area (Å²) in [5.74, 6) is 0.792. The van der Waals surface area contributed by atoms with E-state index in [0.29, 0.717) is 13.2 Å². The second-order valence-electron chi connectivity index (χ2n) is 6.39. The van der Waals surface area contributed by atoms with Crippen molar-refractivity contribution in [3.63, 3.8) is 0 Å². The molecule has 0 saturated carbocycles. The number of aromatic nitrogens is 3. The minimum Gasteiger partial charge on any atom is -0.378 e. The second kappa shape index (κ2) is 7.10. The summed E-state index contributed by atoms with van der Waals surface area (Å²) >= 11 is 0. The molecule has 0 unspecified atom stereocenters. The molecule has 8 nitrogen and oxygen atoms in total. The second-order valence-corrected chi connectivity index (χ2v) is 6.39. The highest BCUT2D eigenvalue weighted by Crippen LogP contribution is 2.24. The predicted octanol–water partition coefficient (Wildman–Crippen LogP) is 1.32. The number of urea groups is 1. The lowest BCUT2D eigenvalue weighted by Crippen LogP contribution is -2.42. The number of rotatable bonds is 3. The molecule has 0 bridgehead atoms. The number of fused-ring (bicyclic) bond motifs is 1. The molecule has 1 fully saturated rings. The quantitative estimate of drug-likeness (QED) is 0.782. The Bertz CT molecular complexity index is 740. The van der Waals surface area contributed by atoms with Gasteiger partial charge in [0.25, 0.3) is 0 Å². The monoisotopic (exact) mass is 342 g/mol. The maximum atomic E-state index is 12.4. The SMILES string of the molecule is O=C(Nc1cccnc1N1CCOCC1)N[C@@H]1CCc2cn[nH]c2C1. The number of nitrogens with zero attached hydrogens (tertiary/aromatic N) is 3. The van der Waals surface area contributed by atoms with Gasteiger partial charge in [-0.1, -0.05) is 0 Å². The highest BCUT2D eigenvalue weighted by molar-refractivity contribution is 5.92. The minimum atomic E-state index is -0.199. The normalized spacial score (nSPS) is 20.0. The Morgan fingerprint density at radius 2 is 2.24 bits per heavy atom. The largest absolute Gasteiger partial charge is 0.378 e. The van der Waals surface area contributed by atoms with Gasteiger partial charge in [-0.2, -0.15) is 5.10 Å². The van der Waals surface area contributed by atoms with Crippen molar-refractivity contribution in [2.45, 2.75) is 25.3 Å². The van der Waals surface area contributed by atoms with Gasteiger partial charge in [0.15, 0.2) is 5.82 Å². The minimum absolute atomic E-state index is 0.108. The Kier molecular flexibility index (Phi) is 4.51. The smallest absolute Gasteiger partial charge is 0.319 e. The van der Waals surface area contributed by atoms with Crippen molar-refractivity contribution in [2.75, 3.05) is 36.5 Å². The molecule has 1 atom stereocenters. The third kappa shape index (κ3) is 3.58. The van der Waals surface area contributed by atoms with Gasteiger partial charge >= 0.3 is 6.03 Å². The number of morpholine rings is 1. The Hall–Kier alpha value is -2.61. The van der Waals surface area contributed by atoms with Crippen LogP contribution in [0.15, 0.2) is 24.5 Å². The molecule has 2 aromatic heterocycles. The number of amides is 2. The molecule has 25 heavy (non-hydrogen) atoms. The number of H-pyrrole nitrogens is 1. The molecule has 4 rings (SSSR count). The van der Waals surface area contributed by atoms with Crippen molar-refractivity contribution in [3.8, 4) is 0 Å². The maximum absolute atomic E-state index is 12.4. The van der Waals surface area contributed by atoms with Crippen LogP contribution < -0.4 is 15.5 Å². The van der Waals surface area contributed by atoms with Gasteiger partial charge in [-0.15, -0.1) is 0 Å². The fourth-order valence-corrected chi connectivity index (χ4v) is 3.40. The maximum Gasteiger partial charge on any atom is 0.319 e. The molecular formula is C17H22N6O2. The number of aromatic amines is 1. The molecule has 3 N–H and O–H groups in total. The lowest BCUT2D eigenvalue weighted by atomic mass is 9.94. The van der Waals surface area contributed by atoms with Crippen LogP contribution in [0.5, 0.6) is 0 Å². The van der Waals surface area contributed by atoms with E-state index in [1.54, 1.807) is 6.20 Å². The third-order valence-electron chi connectivity index (χ3n) is 4.70. The zero-order chi connectivity index (χ0) is 17.1. The van der Waals surface area contributed by atoms with Gasteiger partial charge in [0, 0.05) is 37.4 Å². The summed E-state index contributed by atoms with van der Waals surface area (Å²) in [5.41, 5.74) is 3.09. The van der Waals surface area contributed by atoms with Crippen LogP contribution in [0.3, 0.4) is 0 Å². The molecule has 2 amide bonds. The first-order valence-electron chi connectivity index (χ1n) is 8.66. The van der Waals surface area contributed by atoms with Gasteiger partial charge in [0.05, 0.1) is 25.1 Å². The van der Waals surface area contributed by atoms with Crippen molar-refractivity contribution in [1.29, 1.82) is 0 Å². The van der Waals surface area contributed by atoms with Crippen LogP contribution in [0.1, 0.15) is 17.7 Å². The predicted molar refractivity (Wildman–Crippen MR) is 93.8 cm³/mol. The van der Waals surface area contributed by atoms with E-state index in [0.717, 1.165) is 49.6 Å². The highest BCUT2D eigenvalue weighted by Gasteiger charge is 2.22. The first-order chi connectivity index (χ1) is 12.3. The summed E-state index contributed by atoms with van der Waals surface area (Å²) < 4.78 is 5.39. The van der Waals surface area contributed by atoms with Crippen molar-refractivity contribution >= 4 is 17.5 Å². The van der Waals surface area contributed by atoms with Crippen molar-refractivity contribution < 1.29 is 9.53 Å². The van der Waals surface area contributed by atoms with Crippen LogP contribution in [0, 0.1) is 0 Å². The number of hydrogen-bond acceptors (Lipinski definition) is 5. The number of anilines is 2. The van der Waals surface area contributed by atoms with E-state index in [-0.39, 0.29) is 12.1 Å². The summed E-state index contributed by atoms with van der Waals surface area (Å²) in [6.07, 6.45) is 6.25. The van der Waals surface area contributed by atoms with Gasteiger partial charge in [-0.05, 0) is 30.5 Å². The Labute approximate surface area is 146 Å². The van der Waals surface area contributed by atoms with E-state index in [4.69, 9.17) is 4.74 Å². The first-order valence-corrected chi connectivity index (χ1v) is 8.66. The molecule has 3 heterocycles. The average Bonchev–Trinajstić information content (AvgIpc) is 3.10. The molecule has 0 radical (unpaired) electrons. The van der Waals surface area contributed by atoms with E-state index in [1.165, 1.54) is 5.56 Å². The van der Waals surface area contributed by atoms with Crippen LogP contribution in [0.25, 0.3) is 0 Å². The van der Waals surface area contributed by atoms with Crippen LogP contribution in [0.2, 0.25) is 0 Å². The first kappa shape index (κ1) is 15.9. The molecule has 2 aromatic rings. The topological polar surface area (TPSA) is 95.2 Å². The summed E-state index contributed by atoms with van der Waals surface area (Å²) in [6.45, 7) is 2.91. The Morgan fingerprint density at radius 1 is 1.36 bits per heavy atom. The fraction of sp³-hybridized carbons (Fsp3) is 0.471. The summed E-state index contributed by atoms with van der Waals surface area (Å²) in [6, 6.07) is 3.62. The van der Waals surface area contributed by atoms with Crippen LogP contribution in [-0.2, 0) is 17.6 Å². The summed E-state index contributed by atoms with van der Waals surface area (Å²) in [7, 11) is 0. The average molecular weight is 342 g/mol. The van der Waals surface area contributed by atoms with Gasteiger partial charge < -0.3 is 20.3 Å². The molecule has 1 saturated heterocycles. The Balaban J connectivity index is 1.40. The highest BCUT2D eigenvalue weighted by atomic mass is 16.5. The number of nitrogens with one attached hydrogen (secondary N) is 3. The van der Waals surface area contributed by atoms with Gasteiger partial charge in [-0.3, -0.25) is 5.10 Å². The number of pyridine rings is 1. The molecule has 132 valence electrons. The van der Waals surface area contributed by atoms with Crippen molar-refractivity contribution in [1.82, 2.24) is 20.5 Å². The van der Waals surface area contributed by atoms with E-state index in [1.807, 2.05) is 18.3 Å². The third-order valence-corrected chi connectivity index (χ3v) is 4.70. The lowest BCUT2D eigenvalue weighted by Gasteiger charge is -2.29. The molecular weight excluding hydrogens is 320 g/mol. The van der Waals surface area contributed by atoms with E-state index >= 15 is 0 Å². The van der Waals surface area contributed by atoms with Gasteiger partial charge in [0.1, 0.15) is 0 Å². The zero-order valence-corrected chi connectivity index (χ0v) is 14.0. The fourth-order valence-electron chi connectivity index (χ4n) is 3.40. The lowest BCUT2D eigenvalue weighted by molar-refractivity contribution is 0.122. The van der Waals surface area contributed by atoms with Crippen LogP contribution in [0.4, 0.5) is 16.3 Å². The number of ether oxygens (including phenoxy) is 1. The van der Waals surface area contributed by atoms with Gasteiger partial charge in [0.2, 0.25) is 0 Å². The number of hydrogen-bond donors (Lipinski definition) is 3. The number of aryl methyl sites for hydroxylation is 1. The van der Waals surface area contributed by atoms with E-state index in [2.05, 4.69) is 30.7 Å². The molecule has 8 heteroatoms. The van der Waals surface area contributed by atoms with Crippen molar-refractivity contribution in [3.05, 3.63) is 35.8 Å². The molecule has 2 aliphatic rings. The summed E-state index contributed by atoms with van der Waals surface area (Å²) in [5, 5.41) is 13.1. The van der Waals surface area contributed by atoms with Crippen LogP contribution in [-0.4, -0.2) is 53.6 Å². The standard InChI is InChI=1S/C17H22N6O2/c24-17(20-13-4-3-12-11-19-22-15(12)10-13)21-14-2-1-5-18-16(14)23-6-8-25-9-7-23/h1-2,5,11,13H,3-4,6-10H2,(H,19,22)(H2,20,21,24)/t13-/m1/s1. The number of carbonyl (C=O) groups excluding carboxylic acids is 1.